The first kappa shape index (κ1) is 10.4. The number of nitrogens with two attached hydrogens (primary N) is 1. The van der Waals surface area contributed by atoms with E-state index in [-0.39, 0.29) is 0 Å². The second kappa shape index (κ2) is 5.86. The van der Waals surface area contributed by atoms with E-state index >= 15 is 0 Å². The quantitative estimate of drug-likeness (QED) is 0.580. The number of carbonyl (C=O) groups excluding carboxylic acids is 1. The number of aliphatic imine (C=N–C) groups is 1. The molecule has 0 aliphatic carbocycles. The van der Waals surface area contributed by atoms with E-state index in [0.29, 0.717) is 12.2 Å². The van der Waals surface area contributed by atoms with E-state index in [1.54, 1.807) is 12.1 Å². The Balaban J connectivity index is 2.68. The van der Waals surface area contributed by atoms with Crippen LogP contribution in [0.25, 0.3) is 6.08 Å². The Kier molecular flexibility index (Phi) is 4.35. The zero-order valence-electron chi connectivity index (χ0n) is 7.81. The lowest BCUT2D eigenvalue weighted by atomic mass is 10.2. The molecule has 0 saturated heterocycles. The highest BCUT2D eigenvalue weighted by Gasteiger charge is 1.88. The van der Waals surface area contributed by atoms with Crippen LogP contribution in [0.4, 0.5) is 5.69 Å². The Hall–Kier alpha value is -1.70. The molecule has 0 atom stereocenters. The lowest BCUT2D eigenvalue weighted by Gasteiger charge is -1.93. The molecular weight excluding hydrogens is 176 g/mol. The number of rotatable bonds is 4. The number of benzene rings is 1. The minimum atomic E-state index is 0.621. The van der Waals surface area contributed by atoms with Crippen LogP contribution < -0.4 is 5.73 Å². The van der Waals surface area contributed by atoms with Crippen molar-refractivity contribution in [2.75, 3.05) is 6.54 Å². The highest BCUT2D eigenvalue weighted by atomic mass is 16.1. The lowest BCUT2D eigenvalue weighted by Crippen LogP contribution is -1.94. The van der Waals surface area contributed by atoms with Gasteiger partial charge in [-0.25, -0.2) is 4.79 Å². The summed E-state index contributed by atoms with van der Waals surface area (Å²) in [7, 11) is 0. The monoisotopic (exact) mass is 188 g/mol. The van der Waals surface area contributed by atoms with Gasteiger partial charge in [0.15, 0.2) is 0 Å². The highest BCUT2D eigenvalue weighted by Crippen LogP contribution is 2.12. The van der Waals surface area contributed by atoms with Gasteiger partial charge in [-0.2, -0.15) is 4.99 Å². The molecule has 0 aromatic heterocycles. The van der Waals surface area contributed by atoms with Crippen molar-refractivity contribution in [3.63, 3.8) is 0 Å². The average molecular weight is 188 g/mol. The predicted octanol–water partition coefficient (Wildman–Crippen LogP) is 2.02. The van der Waals surface area contributed by atoms with Crippen molar-refractivity contribution in [2.24, 2.45) is 10.7 Å². The zero-order chi connectivity index (χ0) is 10.2. The van der Waals surface area contributed by atoms with Crippen LogP contribution in [-0.2, 0) is 4.79 Å². The molecule has 0 saturated carbocycles. The molecule has 0 fully saturated rings. The Labute approximate surface area is 83.0 Å². The maximum atomic E-state index is 9.95. The van der Waals surface area contributed by atoms with E-state index in [4.69, 9.17) is 5.73 Å². The van der Waals surface area contributed by atoms with Crippen molar-refractivity contribution in [3.8, 4) is 0 Å². The molecule has 0 aliphatic heterocycles. The summed E-state index contributed by atoms with van der Waals surface area (Å²) in [5, 5.41) is 0. The third-order valence-corrected chi connectivity index (χ3v) is 1.71. The van der Waals surface area contributed by atoms with Crippen molar-refractivity contribution in [1.82, 2.24) is 0 Å². The van der Waals surface area contributed by atoms with E-state index in [0.717, 1.165) is 12.0 Å². The molecule has 0 radical (unpaired) electrons. The Morgan fingerprint density at radius 2 is 2.07 bits per heavy atom. The molecular formula is C11H12N2O. The van der Waals surface area contributed by atoms with E-state index in [2.05, 4.69) is 4.99 Å². The minimum absolute atomic E-state index is 0.621. The van der Waals surface area contributed by atoms with Gasteiger partial charge < -0.3 is 5.73 Å². The van der Waals surface area contributed by atoms with Crippen molar-refractivity contribution in [1.29, 1.82) is 0 Å². The maximum Gasteiger partial charge on any atom is 0.240 e. The predicted molar refractivity (Wildman–Crippen MR) is 56.9 cm³/mol. The molecule has 1 aromatic rings. The Bertz CT molecular complexity index is 348. The average Bonchev–Trinajstić information content (AvgIpc) is 2.21. The fraction of sp³-hybridized carbons (Fsp3) is 0.182. The maximum absolute atomic E-state index is 9.95. The number of nitrogens with zero attached hydrogens (tertiary/aromatic N) is 1. The molecule has 14 heavy (non-hydrogen) atoms. The van der Waals surface area contributed by atoms with Crippen molar-refractivity contribution < 1.29 is 4.79 Å². The second-order valence-corrected chi connectivity index (χ2v) is 2.77. The van der Waals surface area contributed by atoms with Crippen molar-refractivity contribution in [3.05, 3.63) is 35.9 Å². The first-order valence-corrected chi connectivity index (χ1v) is 4.41. The summed E-state index contributed by atoms with van der Waals surface area (Å²) in [5.74, 6) is 0. The van der Waals surface area contributed by atoms with Gasteiger partial charge in [0.25, 0.3) is 0 Å². The van der Waals surface area contributed by atoms with Crippen LogP contribution in [-0.4, -0.2) is 12.6 Å². The van der Waals surface area contributed by atoms with E-state index in [1.807, 2.05) is 24.3 Å². The van der Waals surface area contributed by atoms with Crippen LogP contribution in [0, 0.1) is 0 Å². The zero-order valence-corrected chi connectivity index (χ0v) is 7.81. The first-order chi connectivity index (χ1) is 6.86. The number of hydrogen-bond acceptors (Lipinski definition) is 3. The molecule has 0 bridgehead atoms. The van der Waals surface area contributed by atoms with Gasteiger partial charge >= 0.3 is 0 Å². The summed E-state index contributed by atoms with van der Waals surface area (Å²) in [4.78, 5) is 13.4. The Morgan fingerprint density at radius 1 is 1.36 bits per heavy atom. The molecule has 1 rings (SSSR count). The van der Waals surface area contributed by atoms with E-state index in [9.17, 15) is 4.79 Å². The molecule has 0 spiro atoms. The van der Waals surface area contributed by atoms with Gasteiger partial charge in [0, 0.05) is 0 Å². The largest absolute Gasteiger partial charge is 0.330 e. The fourth-order valence-corrected chi connectivity index (χ4v) is 1.03. The third kappa shape index (κ3) is 3.35. The van der Waals surface area contributed by atoms with Gasteiger partial charge in [-0.3, -0.25) is 0 Å². The molecule has 2 N–H and O–H groups in total. The second-order valence-electron chi connectivity index (χ2n) is 2.77. The SMILES string of the molecule is NCCC=Cc1ccc(N=C=O)cc1. The van der Waals surface area contributed by atoms with Gasteiger partial charge in [0.1, 0.15) is 0 Å². The van der Waals surface area contributed by atoms with Crippen LogP contribution in [0.15, 0.2) is 35.3 Å². The normalized spacial score (nSPS) is 10.1. The highest BCUT2D eigenvalue weighted by molar-refractivity contribution is 5.55. The molecule has 0 heterocycles. The number of hydrogen-bond donors (Lipinski definition) is 1. The lowest BCUT2D eigenvalue weighted by molar-refractivity contribution is 0.565. The summed E-state index contributed by atoms with van der Waals surface area (Å²) in [6.07, 6.45) is 6.36. The van der Waals surface area contributed by atoms with E-state index in [1.165, 1.54) is 6.08 Å². The summed E-state index contributed by atoms with van der Waals surface area (Å²) >= 11 is 0. The summed E-state index contributed by atoms with van der Waals surface area (Å²) < 4.78 is 0. The summed E-state index contributed by atoms with van der Waals surface area (Å²) in [6.45, 7) is 0.657. The molecule has 0 unspecified atom stereocenters. The minimum Gasteiger partial charge on any atom is -0.330 e. The topological polar surface area (TPSA) is 55.4 Å². The van der Waals surface area contributed by atoms with Crippen LogP contribution in [0.5, 0.6) is 0 Å². The Morgan fingerprint density at radius 3 is 2.64 bits per heavy atom. The standard InChI is InChI=1S/C11H12N2O/c12-8-2-1-3-10-4-6-11(7-5-10)13-9-14/h1,3-7H,2,8,12H2. The molecule has 3 heteroatoms. The summed E-state index contributed by atoms with van der Waals surface area (Å²) in [5.41, 5.74) is 7.04. The van der Waals surface area contributed by atoms with Gasteiger partial charge in [-0.1, -0.05) is 24.3 Å². The molecule has 1 aromatic carbocycles. The van der Waals surface area contributed by atoms with Gasteiger partial charge in [-0.15, -0.1) is 0 Å². The molecule has 3 nitrogen and oxygen atoms in total. The number of isocyanates is 1. The molecule has 0 aliphatic rings. The van der Waals surface area contributed by atoms with Crippen LogP contribution in [0.1, 0.15) is 12.0 Å². The van der Waals surface area contributed by atoms with Gasteiger partial charge in [0.05, 0.1) is 5.69 Å². The van der Waals surface area contributed by atoms with Gasteiger partial charge in [-0.05, 0) is 30.7 Å². The van der Waals surface area contributed by atoms with Crippen molar-refractivity contribution >= 4 is 17.8 Å². The van der Waals surface area contributed by atoms with Crippen LogP contribution in [0.3, 0.4) is 0 Å². The fourth-order valence-electron chi connectivity index (χ4n) is 1.03. The van der Waals surface area contributed by atoms with Crippen LogP contribution in [0.2, 0.25) is 0 Å². The molecule has 0 amide bonds. The first-order valence-electron chi connectivity index (χ1n) is 4.41. The smallest absolute Gasteiger partial charge is 0.240 e. The van der Waals surface area contributed by atoms with Crippen LogP contribution >= 0.6 is 0 Å². The molecule has 72 valence electrons. The van der Waals surface area contributed by atoms with E-state index < -0.39 is 0 Å². The van der Waals surface area contributed by atoms with Gasteiger partial charge in [0.2, 0.25) is 6.08 Å². The summed E-state index contributed by atoms with van der Waals surface area (Å²) in [6, 6.07) is 7.33. The third-order valence-electron chi connectivity index (χ3n) is 1.71. The van der Waals surface area contributed by atoms with Crippen molar-refractivity contribution in [2.45, 2.75) is 6.42 Å².